The van der Waals surface area contributed by atoms with Gasteiger partial charge in [0, 0.05) is 27.8 Å². The van der Waals surface area contributed by atoms with Crippen molar-refractivity contribution >= 4 is 37.7 Å². The van der Waals surface area contributed by atoms with Gasteiger partial charge in [-0.3, -0.25) is 4.57 Å². The molecule has 90 valence electrons. The quantitative estimate of drug-likeness (QED) is 0.326. The van der Waals surface area contributed by atoms with E-state index in [1.54, 1.807) is 4.57 Å². The second kappa shape index (κ2) is 7.01. The molecule has 1 rings (SSSR count). The third-order valence-corrected chi connectivity index (χ3v) is 3.38. The summed E-state index contributed by atoms with van der Waals surface area (Å²) < 4.78 is 2.30. The topological polar surface area (TPSA) is 61.0 Å². The van der Waals surface area contributed by atoms with Crippen LogP contribution in [0.25, 0.3) is 0 Å². The molecule has 0 radical (unpaired) electrons. The highest BCUT2D eigenvalue weighted by atomic mass is 79.9. The Balaban J connectivity index is 2.39. The zero-order valence-corrected chi connectivity index (χ0v) is 11.9. The minimum absolute atomic E-state index is 0.104. The van der Waals surface area contributed by atoms with Gasteiger partial charge in [0.15, 0.2) is 0 Å². The summed E-state index contributed by atoms with van der Waals surface area (Å²) in [6, 6.07) is 0. The van der Waals surface area contributed by atoms with Gasteiger partial charge in [-0.25, -0.2) is 0 Å². The number of nitro groups is 1. The fourth-order valence-electron chi connectivity index (χ4n) is 1.36. The fourth-order valence-corrected chi connectivity index (χ4v) is 2.21. The Hall–Kier alpha value is -0.430. The standard InChI is InChI=1S/C9H13Br2N3O2/c10-5-3-1-2-4-6-13-7-8(14(15)16)12-9(13)11/h7H,1-6H2. The average molecular weight is 355 g/mol. The molecule has 0 aromatic carbocycles. The first-order chi connectivity index (χ1) is 7.65. The SMILES string of the molecule is O=[N+]([O-])c1cn(CCCCCCBr)c(Br)n1. The van der Waals surface area contributed by atoms with E-state index in [1.165, 1.54) is 19.0 Å². The van der Waals surface area contributed by atoms with Crippen molar-refractivity contribution in [2.24, 2.45) is 0 Å². The van der Waals surface area contributed by atoms with E-state index in [4.69, 9.17) is 0 Å². The second-order valence-corrected chi connectivity index (χ2v) is 4.92. The number of rotatable bonds is 7. The van der Waals surface area contributed by atoms with Crippen molar-refractivity contribution in [2.75, 3.05) is 5.33 Å². The molecule has 1 aromatic rings. The number of aryl methyl sites for hydroxylation is 1. The van der Waals surface area contributed by atoms with E-state index in [0.29, 0.717) is 4.73 Å². The molecule has 0 amide bonds. The Bertz CT molecular complexity index is 355. The van der Waals surface area contributed by atoms with Crippen molar-refractivity contribution in [3.8, 4) is 0 Å². The lowest BCUT2D eigenvalue weighted by Crippen LogP contribution is -1.96. The number of unbranched alkanes of at least 4 members (excludes halogenated alkanes) is 3. The minimum Gasteiger partial charge on any atom is -0.358 e. The molecule has 16 heavy (non-hydrogen) atoms. The van der Waals surface area contributed by atoms with Gasteiger partial charge in [0.1, 0.15) is 6.20 Å². The van der Waals surface area contributed by atoms with Crippen LogP contribution in [0.3, 0.4) is 0 Å². The Morgan fingerprint density at radius 3 is 2.62 bits per heavy atom. The molecule has 1 heterocycles. The third kappa shape index (κ3) is 4.21. The predicted octanol–water partition coefficient (Wildman–Crippen LogP) is 3.51. The normalized spacial score (nSPS) is 10.6. The molecule has 0 bridgehead atoms. The molecule has 0 saturated heterocycles. The zero-order valence-electron chi connectivity index (χ0n) is 8.73. The number of hydrogen-bond acceptors (Lipinski definition) is 3. The van der Waals surface area contributed by atoms with E-state index < -0.39 is 4.92 Å². The lowest BCUT2D eigenvalue weighted by molar-refractivity contribution is -0.389. The highest BCUT2D eigenvalue weighted by molar-refractivity contribution is 9.10. The zero-order chi connectivity index (χ0) is 12.0. The summed E-state index contributed by atoms with van der Waals surface area (Å²) >= 11 is 6.59. The first-order valence-corrected chi connectivity index (χ1v) is 6.99. The lowest BCUT2D eigenvalue weighted by atomic mass is 10.2. The second-order valence-electron chi connectivity index (χ2n) is 3.42. The molecule has 0 fully saturated rings. The summed E-state index contributed by atoms with van der Waals surface area (Å²) in [4.78, 5) is 13.8. The van der Waals surface area contributed by atoms with Crippen LogP contribution in [0.5, 0.6) is 0 Å². The van der Waals surface area contributed by atoms with Gasteiger partial charge < -0.3 is 10.1 Å². The molecule has 5 nitrogen and oxygen atoms in total. The Labute approximate surface area is 111 Å². The molecule has 0 aliphatic carbocycles. The molecule has 0 aliphatic heterocycles. The maximum absolute atomic E-state index is 10.5. The summed E-state index contributed by atoms with van der Waals surface area (Å²) in [6.45, 7) is 0.768. The highest BCUT2D eigenvalue weighted by Gasteiger charge is 2.15. The number of imidazole rings is 1. The summed E-state index contributed by atoms with van der Waals surface area (Å²) in [6.07, 6.45) is 5.96. The van der Waals surface area contributed by atoms with Gasteiger partial charge in [-0.15, -0.1) is 0 Å². The van der Waals surface area contributed by atoms with Crippen LogP contribution in [0.1, 0.15) is 25.7 Å². The number of halogens is 2. The molecule has 1 aromatic heterocycles. The van der Waals surface area contributed by atoms with Gasteiger partial charge >= 0.3 is 5.82 Å². The van der Waals surface area contributed by atoms with Gasteiger partial charge in [0.05, 0.1) is 0 Å². The van der Waals surface area contributed by atoms with Crippen LogP contribution in [-0.4, -0.2) is 19.8 Å². The molecule has 7 heteroatoms. The van der Waals surface area contributed by atoms with Crippen molar-refractivity contribution < 1.29 is 4.92 Å². The maximum Gasteiger partial charge on any atom is 0.382 e. The minimum atomic E-state index is -0.480. The number of nitrogens with zero attached hydrogens (tertiary/aromatic N) is 3. The van der Waals surface area contributed by atoms with Crippen LogP contribution in [0, 0.1) is 10.1 Å². The fraction of sp³-hybridized carbons (Fsp3) is 0.667. The first-order valence-electron chi connectivity index (χ1n) is 5.08. The number of alkyl halides is 1. The molecular formula is C9H13Br2N3O2. The lowest BCUT2D eigenvalue weighted by Gasteiger charge is -2.00. The Kier molecular flexibility index (Phi) is 5.97. The summed E-state index contributed by atoms with van der Waals surface area (Å²) in [5.74, 6) is -0.104. The van der Waals surface area contributed by atoms with Crippen LogP contribution in [0.4, 0.5) is 5.82 Å². The summed E-state index contributed by atoms with van der Waals surface area (Å²) in [5, 5.41) is 11.5. The first kappa shape index (κ1) is 13.6. The molecular weight excluding hydrogens is 342 g/mol. The van der Waals surface area contributed by atoms with Crippen molar-refractivity contribution in [3.63, 3.8) is 0 Å². The third-order valence-electron chi connectivity index (χ3n) is 2.18. The van der Waals surface area contributed by atoms with Gasteiger partial charge in [0.25, 0.3) is 4.73 Å². The summed E-state index contributed by atoms with van der Waals surface area (Å²) in [7, 11) is 0. The van der Waals surface area contributed by atoms with Gasteiger partial charge in [-0.1, -0.05) is 28.8 Å². The number of aromatic nitrogens is 2. The van der Waals surface area contributed by atoms with Crippen LogP contribution >= 0.6 is 31.9 Å². The van der Waals surface area contributed by atoms with E-state index in [2.05, 4.69) is 36.8 Å². The van der Waals surface area contributed by atoms with Gasteiger partial charge in [-0.05, 0) is 22.7 Å². The van der Waals surface area contributed by atoms with Crippen molar-refractivity contribution in [3.05, 3.63) is 21.0 Å². The van der Waals surface area contributed by atoms with Crippen LogP contribution < -0.4 is 0 Å². The average Bonchev–Trinajstić information content (AvgIpc) is 2.60. The molecule has 0 saturated carbocycles. The molecule has 0 spiro atoms. The molecule has 0 aliphatic rings. The van der Waals surface area contributed by atoms with E-state index in [1.807, 2.05) is 0 Å². The van der Waals surface area contributed by atoms with E-state index in [-0.39, 0.29) is 5.82 Å². The monoisotopic (exact) mass is 353 g/mol. The van der Waals surface area contributed by atoms with Crippen LogP contribution in [0.15, 0.2) is 10.9 Å². The molecule has 0 atom stereocenters. The van der Waals surface area contributed by atoms with Crippen LogP contribution in [-0.2, 0) is 6.54 Å². The number of hydrogen-bond donors (Lipinski definition) is 0. The van der Waals surface area contributed by atoms with Crippen LogP contribution in [0.2, 0.25) is 0 Å². The smallest absolute Gasteiger partial charge is 0.358 e. The van der Waals surface area contributed by atoms with Crippen molar-refractivity contribution in [1.82, 2.24) is 9.55 Å². The molecule has 0 N–H and O–H groups in total. The Morgan fingerprint density at radius 2 is 2.06 bits per heavy atom. The van der Waals surface area contributed by atoms with E-state index in [0.717, 1.165) is 24.7 Å². The van der Waals surface area contributed by atoms with Crippen molar-refractivity contribution in [2.45, 2.75) is 32.2 Å². The van der Waals surface area contributed by atoms with Gasteiger partial charge in [0.2, 0.25) is 0 Å². The summed E-state index contributed by atoms with van der Waals surface area (Å²) in [5.41, 5.74) is 0. The predicted molar refractivity (Wildman–Crippen MR) is 68.8 cm³/mol. The van der Waals surface area contributed by atoms with Gasteiger partial charge in [-0.2, -0.15) is 0 Å². The highest BCUT2D eigenvalue weighted by Crippen LogP contribution is 2.17. The maximum atomic E-state index is 10.5. The van der Waals surface area contributed by atoms with E-state index in [9.17, 15) is 10.1 Å². The van der Waals surface area contributed by atoms with E-state index >= 15 is 0 Å². The largest absolute Gasteiger partial charge is 0.382 e. The van der Waals surface area contributed by atoms with Crippen molar-refractivity contribution in [1.29, 1.82) is 0 Å². The molecule has 0 unspecified atom stereocenters. The Morgan fingerprint density at radius 1 is 1.38 bits per heavy atom.